The third-order valence-electron chi connectivity index (χ3n) is 4.74. The number of ether oxygens (including phenoxy) is 1. The zero-order valence-corrected chi connectivity index (χ0v) is 16.9. The molecule has 3 atom stereocenters. The molecule has 1 saturated heterocycles. The maximum Gasteiger partial charge on any atom is 0.408 e. The Morgan fingerprint density at radius 1 is 1.28 bits per heavy atom. The summed E-state index contributed by atoms with van der Waals surface area (Å²) in [6.45, 7) is 4.58. The van der Waals surface area contributed by atoms with Crippen molar-refractivity contribution in [3.8, 4) is 0 Å². The van der Waals surface area contributed by atoms with Gasteiger partial charge in [-0.1, -0.05) is 44.2 Å². The number of amides is 3. The number of aldehydes is 1. The van der Waals surface area contributed by atoms with Crippen LogP contribution in [0.4, 0.5) is 4.79 Å². The number of hydrogen-bond donors (Lipinski definition) is 3. The van der Waals surface area contributed by atoms with Crippen LogP contribution in [-0.2, 0) is 20.9 Å². The van der Waals surface area contributed by atoms with Gasteiger partial charge in [0, 0.05) is 12.5 Å². The Balaban J connectivity index is 1.90. The van der Waals surface area contributed by atoms with E-state index in [0.717, 1.165) is 11.8 Å². The minimum Gasteiger partial charge on any atom is -0.445 e. The highest BCUT2D eigenvalue weighted by Gasteiger charge is 2.31. The van der Waals surface area contributed by atoms with Gasteiger partial charge < -0.3 is 20.7 Å². The highest BCUT2D eigenvalue weighted by molar-refractivity contribution is 5.88. The Labute approximate surface area is 170 Å². The van der Waals surface area contributed by atoms with Crippen LogP contribution in [0.5, 0.6) is 0 Å². The van der Waals surface area contributed by atoms with Gasteiger partial charge in [-0.05, 0) is 30.7 Å². The first kappa shape index (κ1) is 22.4. The fourth-order valence-electron chi connectivity index (χ4n) is 3.23. The lowest BCUT2D eigenvalue weighted by molar-refractivity contribution is -0.125. The molecule has 0 aliphatic carbocycles. The van der Waals surface area contributed by atoms with E-state index < -0.39 is 24.1 Å². The first-order chi connectivity index (χ1) is 13.9. The molecule has 1 aliphatic rings. The maximum atomic E-state index is 12.7. The van der Waals surface area contributed by atoms with Gasteiger partial charge in [-0.15, -0.1) is 0 Å². The summed E-state index contributed by atoms with van der Waals surface area (Å²) in [5, 5.41) is 8.04. The van der Waals surface area contributed by atoms with Gasteiger partial charge in [-0.3, -0.25) is 14.4 Å². The van der Waals surface area contributed by atoms with Crippen molar-refractivity contribution in [2.24, 2.45) is 11.8 Å². The molecule has 0 saturated carbocycles. The van der Waals surface area contributed by atoms with Crippen LogP contribution in [0.2, 0.25) is 0 Å². The summed E-state index contributed by atoms with van der Waals surface area (Å²) in [6.07, 6.45) is 1.58. The van der Waals surface area contributed by atoms with E-state index in [1.54, 1.807) is 0 Å². The summed E-state index contributed by atoms with van der Waals surface area (Å²) >= 11 is 0. The lowest BCUT2D eigenvalue weighted by Gasteiger charge is -2.22. The quantitative estimate of drug-likeness (QED) is 0.405. The van der Waals surface area contributed by atoms with E-state index in [-0.39, 0.29) is 24.3 Å². The molecular weight excluding hydrogens is 374 g/mol. The van der Waals surface area contributed by atoms with Crippen LogP contribution in [0.15, 0.2) is 30.3 Å². The number of alkyl carbamates (subject to hydrolysis) is 1. The molecule has 8 nitrogen and oxygen atoms in total. The minimum absolute atomic E-state index is 0.0764. The fraction of sp³-hybridized carbons (Fsp3) is 0.524. The fourth-order valence-corrected chi connectivity index (χ4v) is 3.23. The zero-order chi connectivity index (χ0) is 21.2. The van der Waals surface area contributed by atoms with Crippen molar-refractivity contribution in [2.75, 3.05) is 6.54 Å². The SMILES string of the molecule is CC(C)C[C@H](NC(=O)OCc1ccccc1)C(=O)N[C@H](C=[OH+])C[C@@H]1CCNC1=O. The van der Waals surface area contributed by atoms with Crippen molar-refractivity contribution in [3.05, 3.63) is 35.9 Å². The van der Waals surface area contributed by atoms with Crippen molar-refractivity contribution in [2.45, 2.75) is 51.8 Å². The van der Waals surface area contributed by atoms with Gasteiger partial charge in [0.05, 0.1) is 0 Å². The summed E-state index contributed by atoms with van der Waals surface area (Å²) in [5.74, 6) is -0.607. The van der Waals surface area contributed by atoms with E-state index in [1.165, 1.54) is 0 Å². The second-order valence-corrected chi connectivity index (χ2v) is 7.66. The Hall–Kier alpha value is -2.90. The Kier molecular flexibility index (Phi) is 8.64. The molecule has 0 radical (unpaired) electrons. The van der Waals surface area contributed by atoms with Crippen molar-refractivity contribution in [1.29, 1.82) is 0 Å². The molecule has 4 N–H and O–H groups in total. The van der Waals surface area contributed by atoms with Gasteiger partial charge in [-0.25, -0.2) is 4.79 Å². The summed E-state index contributed by atoms with van der Waals surface area (Å²) in [5.41, 5.74) is 0.845. The normalized spacial score (nSPS) is 17.9. The van der Waals surface area contributed by atoms with Gasteiger partial charge >= 0.3 is 12.4 Å². The van der Waals surface area contributed by atoms with Gasteiger partial charge in [0.15, 0.2) is 0 Å². The molecular formula is C21H30N3O5+. The molecule has 1 aliphatic heterocycles. The zero-order valence-electron chi connectivity index (χ0n) is 16.9. The van der Waals surface area contributed by atoms with Gasteiger partial charge in [0.25, 0.3) is 0 Å². The number of rotatable bonds is 10. The second kappa shape index (κ2) is 11.2. The van der Waals surface area contributed by atoms with Crippen molar-refractivity contribution in [1.82, 2.24) is 16.0 Å². The third-order valence-corrected chi connectivity index (χ3v) is 4.74. The van der Waals surface area contributed by atoms with Crippen LogP contribution in [0, 0.1) is 11.8 Å². The van der Waals surface area contributed by atoms with E-state index in [1.807, 2.05) is 44.2 Å². The Morgan fingerprint density at radius 3 is 2.59 bits per heavy atom. The molecule has 0 bridgehead atoms. The van der Waals surface area contributed by atoms with E-state index in [9.17, 15) is 19.2 Å². The monoisotopic (exact) mass is 404 g/mol. The number of benzene rings is 1. The van der Waals surface area contributed by atoms with E-state index in [2.05, 4.69) is 16.0 Å². The lowest BCUT2D eigenvalue weighted by atomic mass is 9.98. The largest absolute Gasteiger partial charge is 0.445 e. The summed E-state index contributed by atoms with van der Waals surface area (Å²) in [4.78, 5) is 46.1. The summed E-state index contributed by atoms with van der Waals surface area (Å²) in [7, 11) is 0. The van der Waals surface area contributed by atoms with Gasteiger partial charge in [0.2, 0.25) is 11.8 Å². The third kappa shape index (κ3) is 7.56. The van der Waals surface area contributed by atoms with Crippen molar-refractivity contribution in [3.63, 3.8) is 0 Å². The molecule has 0 aromatic heterocycles. The molecule has 1 fully saturated rings. The average Bonchev–Trinajstić information content (AvgIpc) is 3.10. The molecule has 1 aromatic carbocycles. The predicted octanol–water partition coefficient (Wildman–Crippen LogP) is 1.51. The van der Waals surface area contributed by atoms with Crippen LogP contribution >= 0.6 is 0 Å². The van der Waals surface area contributed by atoms with Crippen LogP contribution in [-0.4, -0.2) is 47.6 Å². The van der Waals surface area contributed by atoms with Gasteiger partial charge in [0.1, 0.15) is 18.7 Å². The number of hydrogen-bond acceptors (Lipinski definition) is 4. The smallest absolute Gasteiger partial charge is 0.408 e. The van der Waals surface area contributed by atoms with Crippen LogP contribution < -0.4 is 16.0 Å². The molecule has 1 heterocycles. The molecule has 0 spiro atoms. The highest BCUT2D eigenvalue weighted by Crippen LogP contribution is 2.16. The highest BCUT2D eigenvalue weighted by atomic mass is 16.5. The molecule has 3 amide bonds. The first-order valence-corrected chi connectivity index (χ1v) is 9.92. The van der Waals surface area contributed by atoms with E-state index in [4.69, 9.17) is 4.74 Å². The number of carbonyl (C=O) groups excluding carboxylic acids is 4. The molecule has 1 aromatic rings. The second-order valence-electron chi connectivity index (χ2n) is 7.66. The average molecular weight is 404 g/mol. The molecule has 158 valence electrons. The van der Waals surface area contributed by atoms with Gasteiger partial charge in [-0.2, -0.15) is 0 Å². The van der Waals surface area contributed by atoms with E-state index in [0.29, 0.717) is 25.8 Å². The summed E-state index contributed by atoms with van der Waals surface area (Å²) < 4.78 is 5.20. The standard InChI is InChI=1S/C21H29N3O5/c1-14(2)10-18(24-21(28)29-13-15-6-4-3-5-7-15)20(27)23-17(12-25)11-16-8-9-22-19(16)26/h3-7,12,14,16-18H,8-11,13H2,1-2H3,(H,22,26)(H,23,27)(H,24,28)/p+1/t16-,17-,18-/m0/s1. The number of carbonyl (C=O) groups is 3. The Bertz CT molecular complexity index is 708. The lowest BCUT2D eigenvalue weighted by Crippen LogP contribution is -2.51. The molecule has 2 rings (SSSR count). The molecule has 0 unspecified atom stereocenters. The van der Waals surface area contributed by atoms with Crippen molar-refractivity contribution < 1.29 is 23.9 Å². The summed E-state index contributed by atoms with van der Waals surface area (Å²) in [6, 6.07) is 7.77. The first-order valence-electron chi connectivity index (χ1n) is 9.92. The van der Waals surface area contributed by atoms with Crippen LogP contribution in [0.25, 0.3) is 0 Å². The van der Waals surface area contributed by atoms with Crippen molar-refractivity contribution >= 4 is 24.2 Å². The van der Waals surface area contributed by atoms with Crippen LogP contribution in [0.3, 0.4) is 0 Å². The molecule has 29 heavy (non-hydrogen) atoms. The number of nitrogens with one attached hydrogen (secondary N) is 3. The Morgan fingerprint density at radius 2 is 2.00 bits per heavy atom. The minimum atomic E-state index is -0.807. The van der Waals surface area contributed by atoms with Crippen LogP contribution in [0.1, 0.15) is 38.7 Å². The van der Waals surface area contributed by atoms with E-state index >= 15 is 0 Å². The maximum absolute atomic E-state index is 12.7. The predicted molar refractivity (Wildman–Crippen MR) is 109 cm³/mol. The topological polar surface area (TPSA) is 118 Å². The molecule has 8 heteroatoms.